The fourth-order valence-electron chi connectivity index (χ4n) is 3.81. The Kier molecular flexibility index (Phi) is 2.58. The number of carbonyl (C=O) groups excluding carboxylic acids is 1. The zero-order chi connectivity index (χ0) is 12.8. The second-order valence-electron chi connectivity index (χ2n) is 5.80. The van der Waals surface area contributed by atoms with Crippen LogP contribution in [0.5, 0.6) is 0 Å². The van der Waals surface area contributed by atoms with E-state index >= 15 is 0 Å². The molecule has 4 nitrogen and oxygen atoms in total. The zero-order valence-corrected chi connectivity index (χ0v) is 10.9. The van der Waals surface area contributed by atoms with Crippen LogP contribution in [-0.2, 0) is 16.0 Å². The van der Waals surface area contributed by atoms with Gasteiger partial charge in [-0.15, -0.1) is 0 Å². The number of pyridine rings is 1. The Morgan fingerprint density at radius 2 is 2.32 bits per heavy atom. The first-order valence-electron chi connectivity index (χ1n) is 7.18. The maximum absolute atomic E-state index is 12.7. The van der Waals surface area contributed by atoms with Gasteiger partial charge < -0.3 is 9.64 Å². The summed E-state index contributed by atoms with van der Waals surface area (Å²) in [5, 5.41) is 0. The van der Waals surface area contributed by atoms with E-state index in [4.69, 9.17) is 4.74 Å². The second-order valence-corrected chi connectivity index (χ2v) is 5.80. The highest BCUT2D eigenvalue weighted by Crippen LogP contribution is 2.44. The number of fused-ring (bicyclic) bond motifs is 4. The Balaban J connectivity index is 1.66. The summed E-state index contributed by atoms with van der Waals surface area (Å²) in [7, 11) is 0. The second kappa shape index (κ2) is 4.30. The fourth-order valence-corrected chi connectivity index (χ4v) is 3.81. The number of nitrogens with zero attached hydrogens (tertiary/aromatic N) is 2. The van der Waals surface area contributed by atoms with E-state index in [1.165, 1.54) is 11.3 Å². The molecular formula is C15H18N2O2. The number of hydrogen-bond donors (Lipinski definition) is 0. The quantitative estimate of drug-likeness (QED) is 0.770. The summed E-state index contributed by atoms with van der Waals surface area (Å²) in [5.41, 5.74) is 2.46. The average Bonchev–Trinajstić information content (AvgIpc) is 3.06. The van der Waals surface area contributed by atoms with Crippen molar-refractivity contribution in [2.24, 2.45) is 5.92 Å². The Morgan fingerprint density at radius 1 is 1.37 bits per heavy atom. The highest BCUT2D eigenvalue weighted by Gasteiger charge is 2.45. The van der Waals surface area contributed by atoms with Crippen LogP contribution in [0.15, 0.2) is 18.3 Å². The topological polar surface area (TPSA) is 42.4 Å². The lowest BCUT2D eigenvalue weighted by Gasteiger charge is -2.37. The Morgan fingerprint density at radius 3 is 3.16 bits per heavy atom. The van der Waals surface area contributed by atoms with E-state index in [1.807, 2.05) is 12.3 Å². The smallest absolute Gasteiger partial charge is 0.228 e. The van der Waals surface area contributed by atoms with Gasteiger partial charge in [-0.2, -0.15) is 0 Å². The van der Waals surface area contributed by atoms with E-state index in [2.05, 4.69) is 16.0 Å². The summed E-state index contributed by atoms with van der Waals surface area (Å²) in [6.45, 7) is 1.34. The molecule has 0 radical (unpaired) electrons. The standard InChI is InChI=1S/C15H18N2O2/c18-15(10-5-7-19-9-10)17-11-3-4-14(17)12-2-1-6-16-13(12)8-11/h1-2,6,10-11,14H,3-5,7-9H2/t10-,11+,14+/m1/s1. The predicted octanol–water partition coefficient (Wildman–Crippen LogP) is 1.71. The molecule has 19 heavy (non-hydrogen) atoms. The molecule has 1 amide bonds. The molecule has 2 saturated heterocycles. The molecule has 2 bridgehead atoms. The summed E-state index contributed by atoms with van der Waals surface area (Å²) < 4.78 is 5.37. The van der Waals surface area contributed by atoms with Gasteiger partial charge in [0, 0.05) is 31.0 Å². The van der Waals surface area contributed by atoms with Crippen LogP contribution in [-0.4, -0.2) is 35.0 Å². The van der Waals surface area contributed by atoms with Gasteiger partial charge in [0.25, 0.3) is 0 Å². The molecule has 0 N–H and O–H groups in total. The monoisotopic (exact) mass is 258 g/mol. The summed E-state index contributed by atoms with van der Waals surface area (Å²) >= 11 is 0. The molecule has 4 heteroatoms. The molecule has 0 aromatic carbocycles. The Labute approximate surface area is 112 Å². The Hall–Kier alpha value is -1.42. The maximum Gasteiger partial charge on any atom is 0.228 e. The number of aromatic nitrogens is 1. The molecule has 4 heterocycles. The zero-order valence-electron chi connectivity index (χ0n) is 10.9. The first-order valence-corrected chi connectivity index (χ1v) is 7.18. The van der Waals surface area contributed by atoms with Crippen molar-refractivity contribution in [3.05, 3.63) is 29.6 Å². The van der Waals surface area contributed by atoms with Crippen molar-refractivity contribution in [2.45, 2.75) is 37.8 Å². The summed E-state index contributed by atoms with van der Waals surface area (Å²) in [6, 6.07) is 4.75. The molecule has 3 aliphatic rings. The van der Waals surface area contributed by atoms with Crippen molar-refractivity contribution in [1.82, 2.24) is 9.88 Å². The molecule has 0 unspecified atom stereocenters. The van der Waals surface area contributed by atoms with E-state index in [1.54, 1.807) is 0 Å². The molecule has 0 saturated carbocycles. The van der Waals surface area contributed by atoms with Crippen LogP contribution >= 0.6 is 0 Å². The van der Waals surface area contributed by atoms with Gasteiger partial charge in [0.15, 0.2) is 0 Å². The molecule has 2 fully saturated rings. The SMILES string of the molecule is O=C([C@@H]1CCOC1)N1[C@H]2CC[C@H]1c1cccnc1C2. The van der Waals surface area contributed by atoms with Crippen molar-refractivity contribution < 1.29 is 9.53 Å². The van der Waals surface area contributed by atoms with Crippen LogP contribution in [0.1, 0.15) is 36.6 Å². The van der Waals surface area contributed by atoms with Gasteiger partial charge in [0.1, 0.15) is 0 Å². The Bertz CT molecular complexity index is 511. The van der Waals surface area contributed by atoms with Gasteiger partial charge in [-0.05, 0) is 30.9 Å². The number of hydrogen-bond acceptors (Lipinski definition) is 3. The fraction of sp³-hybridized carbons (Fsp3) is 0.600. The van der Waals surface area contributed by atoms with Crippen molar-refractivity contribution in [3.63, 3.8) is 0 Å². The predicted molar refractivity (Wildman–Crippen MR) is 69.5 cm³/mol. The van der Waals surface area contributed by atoms with Crippen LogP contribution in [0.3, 0.4) is 0 Å². The molecule has 3 atom stereocenters. The lowest BCUT2D eigenvalue weighted by Crippen LogP contribution is -2.45. The van der Waals surface area contributed by atoms with Crippen LogP contribution in [0.25, 0.3) is 0 Å². The molecule has 1 aromatic rings. The largest absolute Gasteiger partial charge is 0.381 e. The van der Waals surface area contributed by atoms with Crippen LogP contribution in [0, 0.1) is 5.92 Å². The van der Waals surface area contributed by atoms with Crippen molar-refractivity contribution in [3.8, 4) is 0 Å². The first kappa shape index (κ1) is 11.4. The molecule has 1 aromatic heterocycles. The van der Waals surface area contributed by atoms with E-state index in [0.717, 1.165) is 32.3 Å². The number of ether oxygens (including phenoxy) is 1. The minimum atomic E-state index is 0.0846. The third-order valence-electron chi connectivity index (χ3n) is 4.75. The van der Waals surface area contributed by atoms with Gasteiger partial charge in [-0.25, -0.2) is 0 Å². The molecule has 100 valence electrons. The minimum absolute atomic E-state index is 0.0846. The van der Waals surface area contributed by atoms with Gasteiger partial charge in [0.05, 0.1) is 18.6 Å². The number of amides is 1. The van der Waals surface area contributed by atoms with E-state index in [9.17, 15) is 4.79 Å². The third-order valence-corrected chi connectivity index (χ3v) is 4.75. The number of rotatable bonds is 1. The van der Waals surface area contributed by atoms with E-state index < -0.39 is 0 Å². The lowest BCUT2D eigenvalue weighted by molar-refractivity contribution is -0.139. The van der Waals surface area contributed by atoms with Crippen LogP contribution < -0.4 is 0 Å². The minimum Gasteiger partial charge on any atom is -0.381 e. The average molecular weight is 258 g/mol. The maximum atomic E-state index is 12.7. The highest BCUT2D eigenvalue weighted by molar-refractivity contribution is 5.80. The molecule has 0 spiro atoms. The molecule has 3 aliphatic heterocycles. The first-order chi connectivity index (χ1) is 9.34. The number of carbonyl (C=O) groups is 1. The van der Waals surface area contributed by atoms with E-state index in [-0.39, 0.29) is 12.0 Å². The van der Waals surface area contributed by atoms with E-state index in [0.29, 0.717) is 18.6 Å². The van der Waals surface area contributed by atoms with Crippen LogP contribution in [0.2, 0.25) is 0 Å². The van der Waals surface area contributed by atoms with Gasteiger partial charge in [-0.3, -0.25) is 9.78 Å². The van der Waals surface area contributed by atoms with Crippen molar-refractivity contribution in [1.29, 1.82) is 0 Å². The summed E-state index contributed by atoms with van der Waals surface area (Å²) in [6.07, 6.45) is 5.87. The molecule has 4 rings (SSSR count). The summed E-state index contributed by atoms with van der Waals surface area (Å²) in [5.74, 6) is 0.390. The molecule has 0 aliphatic carbocycles. The van der Waals surface area contributed by atoms with Crippen LogP contribution in [0.4, 0.5) is 0 Å². The summed E-state index contributed by atoms with van der Waals surface area (Å²) in [4.78, 5) is 19.3. The van der Waals surface area contributed by atoms with Gasteiger partial charge in [0.2, 0.25) is 5.91 Å². The lowest BCUT2D eigenvalue weighted by atomic mass is 9.95. The normalized spacial score (nSPS) is 32.4. The molecular weight excluding hydrogens is 240 g/mol. The van der Waals surface area contributed by atoms with Gasteiger partial charge in [-0.1, -0.05) is 6.07 Å². The third kappa shape index (κ3) is 1.70. The van der Waals surface area contributed by atoms with Crippen molar-refractivity contribution >= 4 is 5.91 Å². The van der Waals surface area contributed by atoms with Gasteiger partial charge >= 0.3 is 0 Å². The van der Waals surface area contributed by atoms with Crippen molar-refractivity contribution in [2.75, 3.05) is 13.2 Å². The highest BCUT2D eigenvalue weighted by atomic mass is 16.5.